The maximum Gasteiger partial charge on any atom is 0.243 e. The normalized spacial score (nSPS) is 15.9. The van der Waals surface area contributed by atoms with E-state index in [9.17, 15) is 18.0 Å². The van der Waals surface area contributed by atoms with Crippen molar-refractivity contribution < 1.29 is 18.0 Å². The number of likely N-dealkylation sites (N-methyl/N-ethyl adjacent to an activating group) is 2. The summed E-state index contributed by atoms with van der Waals surface area (Å²) in [6.07, 6.45) is 0.598. The van der Waals surface area contributed by atoms with E-state index in [1.807, 2.05) is 37.3 Å². The Morgan fingerprint density at radius 2 is 1.77 bits per heavy atom. The molecule has 0 saturated heterocycles. The third-order valence-corrected chi connectivity index (χ3v) is 7.16. The molecule has 0 unspecified atom stereocenters. The number of benzene rings is 2. The monoisotopic (exact) mass is 429 g/mol. The predicted octanol–water partition coefficient (Wildman–Crippen LogP) is 2.26. The number of hydrogen-bond acceptors (Lipinski definition) is 4. The summed E-state index contributed by atoms with van der Waals surface area (Å²) in [6.45, 7) is 3.59. The Hall–Kier alpha value is -2.71. The number of amides is 2. The molecule has 2 amide bonds. The van der Waals surface area contributed by atoms with Crippen LogP contribution in [-0.4, -0.2) is 56.1 Å². The van der Waals surface area contributed by atoms with Crippen molar-refractivity contribution in [2.75, 3.05) is 25.5 Å². The topological polar surface area (TPSA) is 78.0 Å². The van der Waals surface area contributed by atoms with Crippen molar-refractivity contribution in [2.24, 2.45) is 0 Å². The van der Waals surface area contributed by atoms with Crippen molar-refractivity contribution in [3.05, 3.63) is 59.7 Å². The van der Waals surface area contributed by atoms with Crippen LogP contribution in [0.5, 0.6) is 0 Å². The van der Waals surface area contributed by atoms with E-state index in [0.29, 0.717) is 13.0 Å². The van der Waals surface area contributed by atoms with Crippen molar-refractivity contribution >= 4 is 27.5 Å². The summed E-state index contributed by atoms with van der Waals surface area (Å²) < 4.78 is 27.1. The summed E-state index contributed by atoms with van der Waals surface area (Å²) in [7, 11) is -0.775. The molecule has 1 aliphatic heterocycles. The van der Waals surface area contributed by atoms with Gasteiger partial charge in [-0.2, -0.15) is 4.31 Å². The molecule has 3 rings (SSSR count). The molecule has 2 aromatic rings. The van der Waals surface area contributed by atoms with Crippen molar-refractivity contribution in [3.63, 3.8) is 0 Å². The lowest BCUT2D eigenvalue weighted by Gasteiger charge is -2.23. The van der Waals surface area contributed by atoms with Crippen molar-refractivity contribution in [3.8, 4) is 0 Å². The molecule has 7 nitrogen and oxygen atoms in total. The Morgan fingerprint density at radius 3 is 2.40 bits per heavy atom. The number of fused-ring (bicyclic) bond motifs is 1. The first kappa shape index (κ1) is 22.0. The van der Waals surface area contributed by atoms with E-state index >= 15 is 0 Å². The van der Waals surface area contributed by atoms with Gasteiger partial charge in [0, 0.05) is 39.3 Å². The van der Waals surface area contributed by atoms with E-state index in [1.165, 1.54) is 24.9 Å². The third kappa shape index (κ3) is 4.39. The van der Waals surface area contributed by atoms with Crippen LogP contribution in [0.2, 0.25) is 0 Å². The maximum atomic E-state index is 13.0. The number of anilines is 1. The molecular formula is C22H27N3O4S. The summed E-state index contributed by atoms with van der Waals surface area (Å²) in [4.78, 5) is 27.8. The van der Waals surface area contributed by atoms with Gasteiger partial charge in [0.1, 0.15) is 0 Å². The van der Waals surface area contributed by atoms with E-state index in [-0.39, 0.29) is 29.3 Å². The molecule has 160 valence electrons. The molecule has 0 radical (unpaired) electrons. The van der Waals surface area contributed by atoms with E-state index in [4.69, 9.17) is 0 Å². The first-order valence-corrected chi connectivity index (χ1v) is 11.2. The molecule has 1 aliphatic rings. The Balaban J connectivity index is 1.73. The summed E-state index contributed by atoms with van der Waals surface area (Å²) in [5.74, 6) is -0.358. The third-order valence-electron chi connectivity index (χ3n) is 5.36. The number of nitrogens with zero attached hydrogens (tertiary/aromatic N) is 3. The van der Waals surface area contributed by atoms with Gasteiger partial charge in [0.15, 0.2) is 0 Å². The lowest BCUT2D eigenvalue weighted by atomic mass is 10.1. The molecule has 2 aromatic carbocycles. The van der Waals surface area contributed by atoms with E-state index < -0.39 is 10.0 Å². The molecule has 0 fully saturated rings. The van der Waals surface area contributed by atoms with Gasteiger partial charge in [-0.1, -0.05) is 30.3 Å². The van der Waals surface area contributed by atoms with Gasteiger partial charge in [-0.3, -0.25) is 9.59 Å². The molecule has 0 N–H and O–H groups in total. The van der Waals surface area contributed by atoms with Crippen molar-refractivity contribution in [1.29, 1.82) is 0 Å². The summed E-state index contributed by atoms with van der Waals surface area (Å²) >= 11 is 0. The maximum absolute atomic E-state index is 13.0. The largest absolute Gasteiger partial charge is 0.340 e. The van der Waals surface area contributed by atoms with Gasteiger partial charge in [0.25, 0.3) is 0 Å². The van der Waals surface area contributed by atoms with Crippen LogP contribution in [0.1, 0.15) is 25.0 Å². The van der Waals surface area contributed by atoms with E-state index in [1.54, 1.807) is 24.1 Å². The van der Waals surface area contributed by atoms with Crippen molar-refractivity contribution in [2.45, 2.75) is 37.8 Å². The molecule has 0 aliphatic carbocycles. The van der Waals surface area contributed by atoms with Crippen LogP contribution in [0.25, 0.3) is 0 Å². The van der Waals surface area contributed by atoms with Crippen molar-refractivity contribution in [1.82, 2.24) is 9.21 Å². The van der Waals surface area contributed by atoms with Gasteiger partial charge in [-0.15, -0.1) is 0 Å². The highest BCUT2D eigenvalue weighted by Crippen LogP contribution is 2.34. The molecule has 0 bridgehead atoms. The fourth-order valence-corrected chi connectivity index (χ4v) is 4.94. The van der Waals surface area contributed by atoms with Gasteiger partial charge in [-0.25, -0.2) is 8.42 Å². The van der Waals surface area contributed by atoms with Gasteiger partial charge in [0.2, 0.25) is 21.8 Å². The molecule has 0 spiro atoms. The van der Waals surface area contributed by atoms with Crippen LogP contribution in [0.3, 0.4) is 0 Å². The fourth-order valence-electron chi connectivity index (χ4n) is 3.77. The summed E-state index contributed by atoms with van der Waals surface area (Å²) in [6, 6.07) is 14.3. The van der Waals surface area contributed by atoms with Gasteiger partial charge >= 0.3 is 0 Å². The smallest absolute Gasteiger partial charge is 0.243 e. The summed E-state index contributed by atoms with van der Waals surface area (Å²) in [5, 5.41) is 0. The molecule has 0 saturated carbocycles. The minimum atomic E-state index is -3.83. The van der Waals surface area contributed by atoms with Crippen LogP contribution in [-0.2, 0) is 32.6 Å². The number of carbonyl (C=O) groups is 2. The van der Waals surface area contributed by atoms with Crippen LogP contribution in [0, 0.1) is 0 Å². The SMILES string of the molecule is CC(=O)N1c2ccc(S(=O)(=O)N(C)CC(=O)N(C)Cc3ccccc3)cc2C[C@H]1C. The molecule has 8 heteroatoms. The van der Waals surface area contributed by atoms with E-state index in [0.717, 1.165) is 21.1 Å². The Bertz CT molecular complexity index is 1050. The second-order valence-electron chi connectivity index (χ2n) is 7.73. The minimum absolute atomic E-state index is 0.0126. The Labute approximate surface area is 177 Å². The number of sulfonamides is 1. The first-order valence-electron chi connectivity index (χ1n) is 9.78. The second kappa shape index (κ2) is 8.57. The molecular weight excluding hydrogens is 402 g/mol. The van der Waals surface area contributed by atoms with E-state index in [2.05, 4.69) is 0 Å². The van der Waals surface area contributed by atoms with Gasteiger partial charge in [-0.05, 0) is 42.7 Å². The fraction of sp³-hybridized carbons (Fsp3) is 0.364. The lowest BCUT2D eigenvalue weighted by molar-refractivity contribution is -0.130. The molecule has 1 atom stereocenters. The highest BCUT2D eigenvalue weighted by Gasteiger charge is 2.31. The quantitative estimate of drug-likeness (QED) is 0.706. The Morgan fingerprint density at radius 1 is 1.10 bits per heavy atom. The first-order chi connectivity index (χ1) is 14.1. The van der Waals surface area contributed by atoms with Crippen LogP contribution < -0.4 is 4.90 Å². The minimum Gasteiger partial charge on any atom is -0.340 e. The second-order valence-corrected chi connectivity index (χ2v) is 9.77. The average molecular weight is 430 g/mol. The van der Waals surface area contributed by atoms with Crippen LogP contribution >= 0.6 is 0 Å². The highest BCUT2D eigenvalue weighted by atomic mass is 32.2. The molecule has 0 aromatic heterocycles. The van der Waals surface area contributed by atoms with Crippen LogP contribution in [0.15, 0.2) is 53.4 Å². The average Bonchev–Trinajstić information content (AvgIpc) is 3.03. The lowest BCUT2D eigenvalue weighted by Crippen LogP contribution is -2.39. The zero-order chi connectivity index (χ0) is 22.1. The molecule has 30 heavy (non-hydrogen) atoms. The Kier molecular flexibility index (Phi) is 6.28. The zero-order valence-corrected chi connectivity index (χ0v) is 18.5. The van der Waals surface area contributed by atoms with Crippen LogP contribution in [0.4, 0.5) is 5.69 Å². The molecule has 1 heterocycles. The number of rotatable bonds is 6. The zero-order valence-electron chi connectivity index (χ0n) is 17.7. The highest BCUT2D eigenvalue weighted by molar-refractivity contribution is 7.89. The summed E-state index contributed by atoms with van der Waals surface area (Å²) in [5.41, 5.74) is 2.54. The van der Waals surface area contributed by atoms with Gasteiger partial charge < -0.3 is 9.80 Å². The predicted molar refractivity (Wildman–Crippen MR) is 115 cm³/mol. The number of carbonyl (C=O) groups excluding carboxylic acids is 2. The number of hydrogen-bond donors (Lipinski definition) is 0. The van der Waals surface area contributed by atoms with Gasteiger partial charge in [0.05, 0.1) is 11.4 Å². The standard InChI is InChI=1S/C22H27N3O4S/c1-16-12-19-13-20(10-11-21(19)25(16)17(2)26)30(28,29)24(4)15-22(27)23(3)14-18-8-6-5-7-9-18/h5-11,13,16H,12,14-15H2,1-4H3/t16-/m1/s1.